The molecular weight excluding hydrogens is 275 g/mol. The number of rotatable bonds is 5. The van der Waals surface area contributed by atoms with Crippen LogP contribution < -0.4 is 0 Å². The van der Waals surface area contributed by atoms with Gasteiger partial charge in [0.25, 0.3) is 0 Å². The molecule has 1 aromatic carbocycles. The van der Waals surface area contributed by atoms with E-state index >= 15 is 0 Å². The number of nitrogens with zero attached hydrogens (tertiary/aromatic N) is 2. The minimum atomic E-state index is -0.827. The predicted octanol–water partition coefficient (Wildman–Crippen LogP) is 3.48. The number of halogens is 2. The van der Waals surface area contributed by atoms with Gasteiger partial charge in [0.1, 0.15) is 11.6 Å². The van der Waals surface area contributed by atoms with Gasteiger partial charge in [-0.15, -0.1) is 16.7 Å². The highest BCUT2D eigenvalue weighted by molar-refractivity contribution is 6.19. The Morgan fingerprint density at radius 2 is 2.05 bits per heavy atom. The Hall–Kier alpha value is -1.95. The van der Waals surface area contributed by atoms with E-state index in [1.807, 2.05) is 0 Å². The first-order valence-corrected chi connectivity index (χ1v) is 5.94. The lowest BCUT2D eigenvalue weighted by Crippen LogP contribution is -2.09. The number of carbonyl (C=O) groups is 1. The molecule has 1 N–H and O–H groups in total. The lowest BCUT2D eigenvalue weighted by Gasteiger charge is -2.03. The Morgan fingerprint density at radius 3 is 2.58 bits per heavy atom. The van der Waals surface area contributed by atoms with Crippen molar-refractivity contribution in [3.05, 3.63) is 41.5 Å². The van der Waals surface area contributed by atoms with Gasteiger partial charge in [-0.2, -0.15) is 5.11 Å². The number of ether oxygens (including phenoxy) is 1. The van der Waals surface area contributed by atoms with Gasteiger partial charge >= 0.3 is 5.97 Å². The molecule has 0 aliphatic carbocycles. The highest BCUT2D eigenvalue weighted by atomic mass is 35.5. The van der Waals surface area contributed by atoms with Crippen molar-refractivity contribution in [2.75, 3.05) is 12.5 Å². The molecule has 7 heteroatoms. The SMILES string of the molecule is CCOC(=O)/C(N=Nc1ccc(F)cc1)=C(/O)CCl. The molecule has 102 valence electrons. The Balaban J connectivity index is 2.95. The third kappa shape index (κ3) is 4.67. The molecule has 0 amide bonds. The summed E-state index contributed by atoms with van der Waals surface area (Å²) in [4.78, 5) is 11.5. The highest BCUT2D eigenvalue weighted by Crippen LogP contribution is 2.16. The van der Waals surface area contributed by atoms with Gasteiger partial charge in [0, 0.05) is 0 Å². The van der Waals surface area contributed by atoms with E-state index in [1.165, 1.54) is 24.3 Å². The molecule has 0 aliphatic rings. The molecule has 0 heterocycles. The van der Waals surface area contributed by atoms with Crippen LogP contribution in [-0.2, 0) is 9.53 Å². The Morgan fingerprint density at radius 1 is 1.42 bits per heavy atom. The molecule has 0 fully saturated rings. The second-order valence-electron chi connectivity index (χ2n) is 3.33. The van der Waals surface area contributed by atoms with Crippen molar-refractivity contribution < 1.29 is 19.0 Å². The first-order valence-electron chi connectivity index (χ1n) is 5.41. The fourth-order valence-corrected chi connectivity index (χ4v) is 1.22. The second-order valence-corrected chi connectivity index (χ2v) is 3.59. The first kappa shape index (κ1) is 15.1. The lowest BCUT2D eigenvalue weighted by molar-refractivity contribution is -0.138. The number of alkyl halides is 1. The summed E-state index contributed by atoms with van der Waals surface area (Å²) < 4.78 is 17.4. The van der Waals surface area contributed by atoms with Crippen LogP contribution in [0.4, 0.5) is 10.1 Å². The minimum Gasteiger partial charge on any atom is -0.508 e. The number of esters is 1. The number of hydrogen-bond donors (Lipinski definition) is 1. The molecular formula is C12H12ClFN2O3. The van der Waals surface area contributed by atoms with Crippen LogP contribution in [0.15, 0.2) is 46.0 Å². The smallest absolute Gasteiger partial charge is 0.362 e. The molecule has 0 aromatic heterocycles. The van der Waals surface area contributed by atoms with Crippen LogP contribution in [0.5, 0.6) is 0 Å². The van der Waals surface area contributed by atoms with E-state index in [-0.39, 0.29) is 18.2 Å². The molecule has 0 saturated heterocycles. The highest BCUT2D eigenvalue weighted by Gasteiger charge is 2.15. The molecule has 0 spiro atoms. The maximum Gasteiger partial charge on any atom is 0.362 e. The maximum absolute atomic E-state index is 12.7. The topological polar surface area (TPSA) is 71.2 Å². The van der Waals surface area contributed by atoms with Crippen LogP contribution in [0.3, 0.4) is 0 Å². The third-order valence-corrected chi connectivity index (χ3v) is 2.21. The van der Waals surface area contributed by atoms with E-state index in [2.05, 4.69) is 10.2 Å². The molecule has 0 aliphatic heterocycles. The van der Waals surface area contributed by atoms with Crippen LogP contribution in [0.2, 0.25) is 0 Å². The van der Waals surface area contributed by atoms with Gasteiger partial charge in [-0.1, -0.05) is 0 Å². The summed E-state index contributed by atoms with van der Waals surface area (Å²) in [5, 5.41) is 16.8. The molecule has 0 atom stereocenters. The van der Waals surface area contributed by atoms with Crippen LogP contribution in [0.25, 0.3) is 0 Å². The third-order valence-electron chi connectivity index (χ3n) is 1.96. The van der Waals surface area contributed by atoms with Gasteiger partial charge in [0.2, 0.25) is 5.70 Å². The monoisotopic (exact) mass is 286 g/mol. The molecule has 0 unspecified atom stereocenters. The number of benzene rings is 1. The van der Waals surface area contributed by atoms with Crippen molar-refractivity contribution >= 4 is 23.3 Å². The van der Waals surface area contributed by atoms with E-state index in [9.17, 15) is 14.3 Å². The number of hydrogen-bond acceptors (Lipinski definition) is 5. The molecule has 5 nitrogen and oxygen atoms in total. The number of azo groups is 1. The Labute approximate surface area is 114 Å². The molecule has 0 saturated carbocycles. The summed E-state index contributed by atoms with van der Waals surface area (Å²) in [5.41, 5.74) is -0.0493. The molecule has 1 rings (SSSR count). The summed E-state index contributed by atoms with van der Waals surface area (Å²) in [7, 11) is 0. The zero-order chi connectivity index (χ0) is 14.3. The van der Waals surface area contributed by atoms with Gasteiger partial charge in [-0.25, -0.2) is 9.18 Å². The number of carbonyl (C=O) groups excluding carboxylic acids is 1. The molecule has 0 radical (unpaired) electrons. The average Bonchev–Trinajstić information content (AvgIpc) is 2.41. The van der Waals surface area contributed by atoms with Gasteiger partial charge in [0.15, 0.2) is 0 Å². The first-order chi connectivity index (χ1) is 9.08. The van der Waals surface area contributed by atoms with E-state index in [0.717, 1.165) is 0 Å². The Bertz CT molecular complexity index is 500. The summed E-state index contributed by atoms with van der Waals surface area (Å²) in [5.74, 6) is -1.97. The van der Waals surface area contributed by atoms with Gasteiger partial charge < -0.3 is 9.84 Å². The largest absolute Gasteiger partial charge is 0.508 e. The van der Waals surface area contributed by atoms with Crippen LogP contribution in [0.1, 0.15) is 6.92 Å². The zero-order valence-corrected chi connectivity index (χ0v) is 10.9. The quantitative estimate of drug-likeness (QED) is 0.296. The fourth-order valence-electron chi connectivity index (χ4n) is 1.09. The normalized spacial score (nSPS) is 12.4. The molecule has 0 bridgehead atoms. The van der Waals surface area contributed by atoms with Crippen LogP contribution >= 0.6 is 11.6 Å². The van der Waals surface area contributed by atoms with Crippen molar-refractivity contribution in [2.45, 2.75) is 6.92 Å². The summed E-state index contributed by atoms with van der Waals surface area (Å²) in [6.07, 6.45) is 0. The van der Waals surface area contributed by atoms with E-state index < -0.39 is 17.5 Å². The van der Waals surface area contributed by atoms with Crippen molar-refractivity contribution in [2.24, 2.45) is 10.2 Å². The van der Waals surface area contributed by atoms with Crippen LogP contribution in [0, 0.1) is 5.82 Å². The van der Waals surface area contributed by atoms with Gasteiger partial charge in [-0.3, -0.25) is 0 Å². The van der Waals surface area contributed by atoms with Gasteiger partial charge in [-0.05, 0) is 31.2 Å². The van der Waals surface area contributed by atoms with E-state index in [4.69, 9.17) is 16.3 Å². The summed E-state index contributed by atoms with van der Waals surface area (Å²) in [6.45, 7) is 1.74. The molecule has 19 heavy (non-hydrogen) atoms. The van der Waals surface area contributed by atoms with Crippen molar-refractivity contribution in [3.8, 4) is 0 Å². The number of allylic oxidation sites excluding steroid dienone is 1. The zero-order valence-electron chi connectivity index (χ0n) is 10.1. The predicted molar refractivity (Wildman–Crippen MR) is 67.9 cm³/mol. The second kappa shape index (κ2) is 7.48. The summed E-state index contributed by atoms with van der Waals surface area (Å²) >= 11 is 5.43. The molecule has 1 aromatic rings. The Kier molecular flexibility index (Phi) is 5.95. The van der Waals surface area contributed by atoms with E-state index in [1.54, 1.807) is 6.92 Å². The van der Waals surface area contributed by atoms with Gasteiger partial charge in [0.05, 0.1) is 18.2 Å². The number of aliphatic hydroxyl groups excluding tert-OH is 1. The lowest BCUT2D eigenvalue weighted by atomic mass is 10.3. The maximum atomic E-state index is 12.7. The van der Waals surface area contributed by atoms with Crippen molar-refractivity contribution in [1.82, 2.24) is 0 Å². The fraction of sp³-hybridized carbons (Fsp3) is 0.250. The minimum absolute atomic E-state index is 0.129. The van der Waals surface area contributed by atoms with Crippen molar-refractivity contribution in [1.29, 1.82) is 0 Å². The van der Waals surface area contributed by atoms with E-state index in [0.29, 0.717) is 5.69 Å². The number of aliphatic hydroxyl groups is 1. The summed E-state index contributed by atoms with van der Waals surface area (Å²) in [6, 6.07) is 5.14. The van der Waals surface area contributed by atoms with Crippen LogP contribution in [-0.4, -0.2) is 23.6 Å². The van der Waals surface area contributed by atoms with Crippen molar-refractivity contribution in [3.63, 3.8) is 0 Å². The average molecular weight is 287 g/mol. The standard InChI is InChI=1S/C12H12ClFN2O3/c1-2-19-12(18)11(10(17)7-13)16-15-9-5-3-8(14)4-6-9/h3-6,17H,2,7H2,1H3/b11-10-,16-15?.